The third-order valence-electron chi connectivity index (χ3n) is 5.81. The van der Waals surface area contributed by atoms with Gasteiger partial charge in [0.15, 0.2) is 0 Å². The van der Waals surface area contributed by atoms with Gasteiger partial charge in [0.05, 0.1) is 23.4 Å². The molecule has 9 nitrogen and oxygen atoms in total. The molecular weight excluding hydrogens is 526 g/mol. The summed E-state index contributed by atoms with van der Waals surface area (Å²) in [7, 11) is -7.34. The average molecular weight is 560 g/mol. The molecular formula is C27H33N3O6S2. The van der Waals surface area contributed by atoms with Crippen molar-refractivity contribution in [3.8, 4) is 5.75 Å². The van der Waals surface area contributed by atoms with E-state index in [4.69, 9.17) is 4.74 Å². The second-order valence-corrected chi connectivity index (χ2v) is 12.4. The van der Waals surface area contributed by atoms with Crippen LogP contribution in [0.25, 0.3) is 0 Å². The van der Waals surface area contributed by atoms with Crippen molar-refractivity contribution in [3.05, 3.63) is 77.9 Å². The van der Waals surface area contributed by atoms with Gasteiger partial charge < -0.3 is 10.1 Å². The molecule has 0 aromatic heterocycles. The van der Waals surface area contributed by atoms with Gasteiger partial charge in [0.2, 0.25) is 15.9 Å². The molecule has 3 rings (SSSR count). The Morgan fingerprint density at radius 3 is 2.08 bits per heavy atom. The lowest BCUT2D eigenvalue weighted by Gasteiger charge is -2.23. The van der Waals surface area contributed by atoms with Crippen molar-refractivity contribution in [2.75, 3.05) is 33.8 Å². The molecule has 0 fully saturated rings. The van der Waals surface area contributed by atoms with Gasteiger partial charge in [0.25, 0.3) is 10.0 Å². The number of aryl methyl sites for hydroxylation is 2. The topological polar surface area (TPSA) is 122 Å². The Morgan fingerprint density at radius 1 is 0.868 bits per heavy atom. The predicted octanol–water partition coefficient (Wildman–Crippen LogP) is 4.69. The summed E-state index contributed by atoms with van der Waals surface area (Å²) in [4.78, 5) is 12.5. The Kier molecular flexibility index (Phi) is 9.40. The molecule has 0 atom stereocenters. The Bertz CT molecular complexity index is 1470. The van der Waals surface area contributed by atoms with E-state index < -0.39 is 20.0 Å². The van der Waals surface area contributed by atoms with Crippen molar-refractivity contribution in [2.24, 2.45) is 0 Å². The van der Waals surface area contributed by atoms with Crippen molar-refractivity contribution in [1.29, 1.82) is 0 Å². The van der Waals surface area contributed by atoms with Crippen molar-refractivity contribution in [2.45, 2.75) is 38.5 Å². The predicted molar refractivity (Wildman–Crippen MR) is 151 cm³/mol. The van der Waals surface area contributed by atoms with Crippen LogP contribution in [0.2, 0.25) is 0 Å². The fraction of sp³-hybridized carbons (Fsp3) is 0.296. The molecule has 0 unspecified atom stereocenters. The Balaban J connectivity index is 1.56. The second-order valence-electron chi connectivity index (χ2n) is 8.84. The highest BCUT2D eigenvalue weighted by molar-refractivity contribution is 7.92. The quantitative estimate of drug-likeness (QED) is 0.332. The van der Waals surface area contributed by atoms with Crippen molar-refractivity contribution < 1.29 is 26.4 Å². The van der Waals surface area contributed by atoms with Crippen LogP contribution in [0.4, 0.5) is 17.1 Å². The first-order chi connectivity index (χ1) is 17.9. The first-order valence-corrected chi connectivity index (χ1v) is 15.4. The molecule has 1 amide bonds. The number of hydrogen-bond acceptors (Lipinski definition) is 6. The molecule has 38 heavy (non-hydrogen) atoms. The van der Waals surface area contributed by atoms with Crippen LogP contribution in [0.5, 0.6) is 5.75 Å². The molecule has 0 aliphatic rings. The first-order valence-electron chi connectivity index (χ1n) is 12.1. The molecule has 0 heterocycles. The van der Waals surface area contributed by atoms with Crippen molar-refractivity contribution in [1.82, 2.24) is 0 Å². The van der Waals surface area contributed by atoms with Gasteiger partial charge in [-0.05, 0) is 99.0 Å². The van der Waals surface area contributed by atoms with Gasteiger partial charge in [-0.3, -0.25) is 13.8 Å². The third kappa shape index (κ3) is 7.96. The number of benzene rings is 3. The zero-order chi connectivity index (χ0) is 27.9. The number of anilines is 3. The molecule has 0 bridgehead atoms. The number of hydrogen-bond donors (Lipinski definition) is 2. The number of carbonyl (C=O) groups excluding carboxylic acids is 1. The third-order valence-corrected chi connectivity index (χ3v) is 8.40. The van der Waals surface area contributed by atoms with E-state index in [1.54, 1.807) is 30.3 Å². The molecule has 0 saturated heterocycles. The number of amides is 1. The zero-order valence-electron chi connectivity index (χ0n) is 21.9. The number of ether oxygens (including phenoxy) is 1. The minimum Gasteiger partial charge on any atom is -0.494 e. The molecule has 11 heteroatoms. The van der Waals surface area contributed by atoms with Crippen LogP contribution in [0.3, 0.4) is 0 Å². The van der Waals surface area contributed by atoms with E-state index >= 15 is 0 Å². The maximum Gasteiger partial charge on any atom is 0.261 e. The van der Waals surface area contributed by atoms with Gasteiger partial charge in [0.1, 0.15) is 5.75 Å². The molecule has 0 aliphatic carbocycles. The van der Waals surface area contributed by atoms with E-state index in [9.17, 15) is 21.6 Å². The van der Waals surface area contributed by atoms with E-state index in [1.807, 2.05) is 32.9 Å². The summed E-state index contributed by atoms with van der Waals surface area (Å²) in [6.45, 7) is 6.40. The number of nitrogens with one attached hydrogen (secondary N) is 2. The molecule has 0 aliphatic heterocycles. The molecule has 0 spiro atoms. The smallest absolute Gasteiger partial charge is 0.261 e. The van der Waals surface area contributed by atoms with Crippen LogP contribution < -0.4 is 19.1 Å². The van der Waals surface area contributed by atoms with Crippen LogP contribution in [0, 0.1) is 13.8 Å². The highest BCUT2D eigenvalue weighted by atomic mass is 32.2. The van der Waals surface area contributed by atoms with Crippen molar-refractivity contribution >= 4 is 43.0 Å². The number of carbonyl (C=O) groups is 1. The maximum absolute atomic E-state index is 12.7. The van der Waals surface area contributed by atoms with Crippen LogP contribution in [0.15, 0.2) is 71.6 Å². The molecule has 2 N–H and O–H groups in total. The largest absolute Gasteiger partial charge is 0.494 e. The lowest BCUT2D eigenvalue weighted by Crippen LogP contribution is -2.31. The monoisotopic (exact) mass is 559 g/mol. The Labute approximate surface area is 224 Å². The first kappa shape index (κ1) is 29.0. The van der Waals surface area contributed by atoms with Gasteiger partial charge in [-0.1, -0.05) is 6.07 Å². The molecule has 204 valence electrons. The normalized spacial score (nSPS) is 11.6. The number of nitrogens with zero attached hydrogens (tertiary/aromatic N) is 1. The lowest BCUT2D eigenvalue weighted by atomic mass is 10.1. The second kappa shape index (κ2) is 12.3. The summed E-state index contributed by atoms with van der Waals surface area (Å²) in [5, 5.41) is 2.72. The summed E-state index contributed by atoms with van der Waals surface area (Å²) < 4.78 is 59.2. The minimum absolute atomic E-state index is 0.0431. The molecule has 0 saturated carbocycles. The van der Waals surface area contributed by atoms with Crippen LogP contribution >= 0.6 is 0 Å². The standard InChI is InChI=1S/C27H33N3O6S2/c1-5-36-25-14-9-23(10-15-25)29-38(34,35)26-16-11-22(12-17-26)28-27(31)7-6-18-30(37(4,32)33)24-13-8-20(2)21(3)19-24/h8-17,19,29H,5-7,18H2,1-4H3,(H,28,31). The fourth-order valence-corrected chi connectivity index (χ4v) is 5.71. The van der Waals surface area contributed by atoms with E-state index in [1.165, 1.54) is 28.6 Å². The van der Waals surface area contributed by atoms with Crippen molar-refractivity contribution in [3.63, 3.8) is 0 Å². The lowest BCUT2D eigenvalue weighted by molar-refractivity contribution is -0.116. The summed E-state index contributed by atoms with van der Waals surface area (Å²) in [6.07, 6.45) is 1.54. The minimum atomic E-state index is -3.82. The van der Waals surface area contributed by atoms with Gasteiger partial charge >= 0.3 is 0 Å². The summed E-state index contributed by atoms with van der Waals surface area (Å²) in [5.74, 6) is 0.339. The zero-order valence-corrected chi connectivity index (χ0v) is 23.5. The van der Waals surface area contributed by atoms with Crippen LogP contribution in [0.1, 0.15) is 30.9 Å². The average Bonchev–Trinajstić information content (AvgIpc) is 2.84. The SMILES string of the molecule is CCOc1ccc(NS(=O)(=O)c2ccc(NC(=O)CCCN(c3ccc(C)c(C)c3)S(C)(=O)=O)cc2)cc1. The van der Waals surface area contributed by atoms with Gasteiger partial charge in [-0.25, -0.2) is 16.8 Å². The molecule has 0 radical (unpaired) electrons. The van der Waals surface area contributed by atoms with E-state index in [0.717, 1.165) is 17.4 Å². The molecule has 3 aromatic carbocycles. The maximum atomic E-state index is 12.7. The summed E-state index contributed by atoms with van der Waals surface area (Å²) in [5.41, 5.74) is 3.44. The fourth-order valence-electron chi connectivity index (χ4n) is 3.69. The Hall–Kier alpha value is -3.57. The Morgan fingerprint density at radius 2 is 1.50 bits per heavy atom. The summed E-state index contributed by atoms with van der Waals surface area (Å²) in [6, 6.07) is 17.8. The van der Waals surface area contributed by atoms with Gasteiger partial charge in [0, 0.05) is 24.3 Å². The summed E-state index contributed by atoms with van der Waals surface area (Å²) >= 11 is 0. The van der Waals surface area contributed by atoms with Gasteiger partial charge in [-0.2, -0.15) is 0 Å². The molecule has 3 aromatic rings. The van der Waals surface area contributed by atoms with Gasteiger partial charge in [-0.15, -0.1) is 0 Å². The highest BCUT2D eigenvalue weighted by Gasteiger charge is 2.18. The van der Waals surface area contributed by atoms with E-state index in [0.29, 0.717) is 35.8 Å². The van der Waals surface area contributed by atoms with E-state index in [2.05, 4.69) is 10.0 Å². The van der Waals surface area contributed by atoms with Crippen LogP contribution in [-0.4, -0.2) is 42.2 Å². The highest BCUT2D eigenvalue weighted by Crippen LogP contribution is 2.23. The number of rotatable bonds is 12. The van der Waals surface area contributed by atoms with E-state index in [-0.39, 0.29) is 23.8 Å². The number of sulfonamides is 2. The van der Waals surface area contributed by atoms with Crippen LogP contribution in [-0.2, 0) is 24.8 Å².